The van der Waals surface area contributed by atoms with Crippen molar-refractivity contribution >= 4 is 23.6 Å². The molecule has 1 saturated carbocycles. The van der Waals surface area contributed by atoms with Gasteiger partial charge in [0.15, 0.2) is 0 Å². The third-order valence-corrected chi connectivity index (χ3v) is 7.11. The normalized spacial score (nSPS) is 25.0. The maximum Gasteiger partial charge on any atom is 0.411 e. The SMILES string of the molecule is CN1CCN(c2ccc(C[C@@H](C#N)NC(=O)[C@@H]3[C@H]4CC[C@H](C4)N3C(=O)OC(C)(C)C)c(F)c2)C(=O)C1.[HH]. The van der Waals surface area contributed by atoms with E-state index in [0.29, 0.717) is 18.8 Å². The smallest absolute Gasteiger partial charge is 0.411 e. The maximum absolute atomic E-state index is 15.0. The molecular weight excluding hydrogens is 465 g/mol. The van der Waals surface area contributed by atoms with Gasteiger partial charge in [-0.2, -0.15) is 5.26 Å². The Hall–Kier alpha value is -3.19. The Morgan fingerprint density at radius 3 is 2.69 bits per heavy atom. The van der Waals surface area contributed by atoms with Crippen molar-refractivity contribution in [3.05, 3.63) is 29.6 Å². The van der Waals surface area contributed by atoms with E-state index in [-0.39, 0.29) is 37.8 Å². The standard InChI is InChI=1S/C26H34FN5O4.H2/c1-26(2,3)36-25(35)32-20-8-6-17(12-20)23(32)24(34)29-18(14-28)11-16-5-7-19(13-21(16)27)31-10-9-30(4)15-22(31)33;/h5,7,13,17-18,20,23H,6,8-12,15H2,1-4H3,(H,29,34);1H/t17-,18-,20+,23-;/m0./s1. The largest absolute Gasteiger partial charge is 0.444 e. The molecule has 3 amide bonds. The summed E-state index contributed by atoms with van der Waals surface area (Å²) in [5.41, 5.74) is 0.0547. The molecule has 1 aliphatic carbocycles. The number of carbonyl (C=O) groups excluding carboxylic acids is 3. The maximum atomic E-state index is 15.0. The lowest BCUT2D eigenvalue weighted by molar-refractivity contribution is -0.128. The van der Waals surface area contributed by atoms with Crippen LogP contribution in [0.25, 0.3) is 0 Å². The number of rotatable bonds is 5. The molecule has 9 nitrogen and oxygen atoms in total. The number of nitrogens with one attached hydrogen (secondary N) is 1. The zero-order chi connectivity index (χ0) is 26.2. The lowest BCUT2D eigenvalue weighted by Gasteiger charge is -2.35. The molecular formula is C26H36FN5O4. The summed E-state index contributed by atoms with van der Waals surface area (Å²) in [4.78, 5) is 43.4. The minimum atomic E-state index is -0.970. The molecule has 2 heterocycles. The van der Waals surface area contributed by atoms with Crippen molar-refractivity contribution in [3.63, 3.8) is 0 Å². The van der Waals surface area contributed by atoms with Gasteiger partial charge in [0.25, 0.3) is 0 Å². The second-order valence-corrected chi connectivity index (χ2v) is 11.0. The average Bonchev–Trinajstić information content (AvgIpc) is 3.40. The summed E-state index contributed by atoms with van der Waals surface area (Å²) in [6.07, 6.45) is 1.83. The molecule has 0 unspecified atom stereocenters. The Bertz CT molecular complexity index is 1090. The number of amides is 3. The van der Waals surface area contributed by atoms with Gasteiger partial charge in [-0.1, -0.05) is 6.07 Å². The van der Waals surface area contributed by atoms with Gasteiger partial charge in [-0.05, 0) is 70.7 Å². The van der Waals surface area contributed by atoms with E-state index in [1.165, 1.54) is 11.0 Å². The van der Waals surface area contributed by atoms with Crippen LogP contribution in [0.3, 0.4) is 0 Å². The number of benzene rings is 1. The molecule has 36 heavy (non-hydrogen) atoms. The van der Waals surface area contributed by atoms with Gasteiger partial charge in [0.05, 0.1) is 12.6 Å². The number of halogens is 1. The Morgan fingerprint density at radius 2 is 2.06 bits per heavy atom. The Balaban J connectivity index is 0.00000380. The summed E-state index contributed by atoms with van der Waals surface area (Å²) in [5, 5.41) is 12.4. The van der Waals surface area contributed by atoms with E-state index in [2.05, 4.69) is 5.32 Å². The number of piperazine rings is 1. The van der Waals surface area contributed by atoms with Gasteiger partial charge in [0, 0.05) is 32.7 Å². The monoisotopic (exact) mass is 501 g/mol. The van der Waals surface area contributed by atoms with Crippen LogP contribution in [0.5, 0.6) is 0 Å². The summed E-state index contributed by atoms with van der Waals surface area (Å²) < 4.78 is 20.5. The number of hydrogen-bond acceptors (Lipinski definition) is 6. The van der Waals surface area contributed by atoms with E-state index in [0.717, 1.165) is 19.3 Å². The van der Waals surface area contributed by atoms with Crippen LogP contribution in [-0.2, 0) is 20.7 Å². The number of hydrogen-bond donors (Lipinski definition) is 1. The molecule has 196 valence electrons. The van der Waals surface area contributed by atoms with Crippen molar-refractivity contribution in [2.24, 2.45) is 5.92 Å². The van der Waals surface area contributed by atoms with E-state index in [4.69, 9.17) is 4.74 Å². The highest BCUT2D eigenvalue weighted by Crippen LogP contribution is 2.43. The molecule has 3 fully saturated rings. The summed E-state index contributed by atoms with van der Waals surface area (Å²) in [6.45, 7) is 6.78. The Kier molecular flexibility index (Phi) is 7.23. The van der Waals surface area contributed by atoms with Gasteiger partial charge in [0.2, 0.25) is 11.8 Å². The second kappa shape index (κ2) is 10.1. The number of piperidine rings is 1. The number of anilines is 1. The molecule has 10 heteroatoms. The van der Waals surface area contributed by atoms with Crippen molar-refractivity contribution in [1.82, 2.24) is 15.1 Å². The zero-order valence-electron chi connectivity index (χ0n) is 21.3. The number of fused-ring (bicyclic) bond motifs is 2. The van der Waals surface area contributed by atoms with Gasteiger partial charge in [-0.25, -0.2) is 9.18 Å². The average molecular weight is 502 g/mol. The fourth-order valence-electron chi connectivity index (χ4n) is 5.44. The van der Waals surface area contributed by atoms with E-state index in [1.54, 1.807) is 37.8 Å². The third kappa shape index (κ3) is 5.46. The molecule has 0 radical (unpaired) electrons. The second-order valence-electron chi connectivity index (χ2n) is 11.0. The predicted molar refractivity (Wildman–Crippen MR) is 133 cm³/mol. The van der Waals surface area contributed by atoms with Crippen LogP contribution in [0.2, 0.25) is 0 Å². The number of nitriles is 1. The zero-order valence-corrected chi connectivity index (χ0v) is 21.3. The van der Waals surface area contributed by atoms with E-state index < -0.39 is 35.5 Å². The first kappa shape index (κ1) is 25.9. The first-order valence-corrected chi connectivity index (χ1v) is 12.5. The van der Waals surface area contributed by atoms with Crippen molar-refractivity contribution in [2.45, 2.75) is 70.2 Å². The van der Waals surface area contributed by atoms with Gasteiger partial charge < -0.3 is 15.0 Å². The minimum absolute atomic E-state index is 0. The summed E-state index contributed by atoms with van der Waals surface area (Å²) >= 11 is 0. The van der Waals surface area contributed by atoms with Crippen LogP contribution < -0.4 is 10.2 Å². The van der Waals surface area contributed by atoms with Crippen LogP contribution >= 0.6 is 0 Å². The Morgan fingerprint density at radius 1 is 1.31 bits per heavy atom. The van der Waals surface area contributed by atoms with Crippen LogP contribution in [0.15, 0.2) is 18.2 Å². The fraction of sp³-hybridized carbons (Fsp3) is 0.615. The molecule has 1 aromatic carbocycles. The van der Waals surface area contributed by atoms with Crippen LogP contribution in [0.4, 0.5) is 14.9 Å². The quantitative estimate of drug-likeness (QED) is 0.665. The van der Waals surface area contributed by atoms with E-state index in [1.807, 2.05) is 18.0 Å². The van der Waals surface area contributed by atoms with E-state index in [9.17, 15) is 24.0 Å². The molecule has 2 bridgehead atoms. The van der Waals surface area contributed by atoms with Gasteiger partial charge in [-0.15, -0.1) is 0 Å². The van der Waals surface area contributed by atoms with Gasteiger partial charge in [0.1, 0.15) is 23.5 Å². The fourth-order valence-corrected chi connectivity index (χ4v) is 5.44. The molecule has 4 rings (SSSR count). The van der Waals surface area contributed by atoms with Crippen molar-refractivity contribution in [1.29, 1.82) is 5.26 Å². The minimum Gasteiger partial charge on any atom is -0.444 e. The van der Waals surface area contributed by atoms with Crippen molar-refractivity contribution in [3.8, 4) is 6.07 Å². The highest BCUT2D eigenvalue weighted by molar-refractivity contribution is 5.95. The lowest BCUT2D eigenvalue weighted by Crippen LogP contribution is -2.55. The van der Waals surface area contributed by atoms with Crippen LogP contribution in [0, 0.1) is 23.1 Å². The number of carbonyl (C=O) groups is 3. The molecule has 4 atom stereocenters. The molecule has 3 aliphatic rings. The number of nitrogens with zero attached hydrogens (tertiary/aromatic N) is 4. The molecule has 2 aliphatic heterocycles. The van der Waals surface area contributed by atoms with Gasteiger partial charge >= 0.3 is 6.09 Å². The number of likely N-dealkylation sites (N-methyl/N-ethyl adjacent to an activating group) is 1. The topological polar surface area (TPSA) is 106 Å². The van der Waals surface area contributed by atoms with Crippen molar-refractivity contribution in [2.75, 3.05) is 31.6 Å². The first-order valence-electron chi connectivity index (χ1n) is 12.5. The molecule has 1 N–H and O–H groups in total. The van der Waals surface area contributed by atoms with Crippen molar-refractivity contribution < 1.29 is 24.9 Å². The molecule has 0 spiro atoms. The molecule has 2 saturated heterocycles. The number of ether oxygens (including phenoxy) is 1. The summed E-state index contributed by atoms with van der Waals surface area (Å²) in [6, 6.07) is 4.84. The Labute approximate surface area is 212 Å². The first-order chi connectivity index (χ1) is 17.0. The number of likely N-dealkylation sites (tertiary alicyclic amines) is 1. The molecule has 0 aromatic heterocycles. The summed E-state index contributed by atoms with van der Waals surface area (Å²) in [5.74, 6) is -1.04. The third-order valence-electron chi connectivity index (χ3n) is 7.11. The molecule has 1 aromatic rings. The van der Waals surface area contributed by atoms with E-state index >= 15 is 0 Å². The highest BCUT2D eigenvalue weighted by Gasteiger charge is 2.52. The van der Waals surface area contributed by atoms with Crippen LogP contribution in [0.1, 0.15) is 47.0 Å². The predicted octanol–water partition coefficient (Wildman–Crippen LogP) is 2.69. The van der Waals surface area contributed by atoms with Gasteiger partial charge in [-0.3, -0.25) is 19.4 Å². The highest BCUT2D eigenvalue weighted by atomic mass is 19.1. The van der Waals surface area contributed by atoms with Crippen LogP contribution in [-0.4, -0.2) is 78.1 Å². The lowest BCUT2D eigenvalue weighted by atomic mass is 9.97. The summed E-state index contributed by atoms with van der Waals surface area (Å²) in [7, 11) is 1.86.